The fourth-order valence-corrected chi connectivity index (χ4v) is 2.66. The van der Waals surface area contributed by atoms with Gasteiger partial charge in [0.15, 0.2) is 0 Å². The first-order chi connectivity index (χ1) is 8.01. The number of halogens is 2. The summed E-state index contributed by atoms with van der Waals surface area (Å²) in [5.74, 6) is -0.245. The second-order valence-corrected chi connectivity index (χ2v) is 5.68. The average Bonchev–Trinajstić information content (AvgIpc) is 2.72. The lowest BCUT2D eigenvalue weighted by Crippen LogP contribution is -2.46. The summed E-state index contributed by atoms with van der Waals surface area (Å²) in [7, 11) is 0. The van der Waals surface area contributed by atoms with Gasteiger partial charge in [0, 0.05) is 12.6 Å². The Hall–Kier alpha value is -0.450. The molecule has 1 saturated heterocycles. The number of benzene rings is 1. The van der Waals surface area contributed by atoms with Crippen molar-refractivity contribution in [1.82, 2.24) is 0 Å². The van der Waals surface area contributed by atoms with Crippen LogP contribution in [-0.4, -0.2) is 18.2 Å². The second kappa shape index (κ2) is 5.04. The van der Waals surface area contributed by atoms with Crippen LogP contribution >= 0.6 is 15.9 Å². The minimum Gasteiger partial charge on any atom is -0.374 e. The van der Waals surface area contributed by atoms with Gasteiger partial charge in [0.25, 0.3) is 0 Å². The van der Waals surface area contributed by atoms with E-state index in [0.29, 0.717) is 10.9 Å². The molecule has 2 rings (SSSR count). The van der Waals surface area contributed by atoms with Gasteiger partial charge >= 0.3 is 0 Å². The van der Waals surface area contributed by atoms with E-state index in [9.17, 15) is 4.39 Å². The first-order valence-electron chi connectivity index (χ1n) is 5.85. The molecule has 1 aliphatic rings. The highest BCUT2D eigenvalue weighted by Crippen LogP contribution is 2.29. The van der Waals surface area contributed by atoms with Crippen molar-refractivity contribution in [2.45, 2.75) is 37.8 Å². The van der Waals surface area contributed by atoms with Crippen molar-refractivity contribution in [1.29, 1.82) is 0 Å². The molecule has 0 bridgehead atoms. The number of nitrogens with two attached hydrogens (primary N) is 1. The Labute approximate surface area is 109 Å². The van der Waals surface area contributed by atoms with Crippen molar-refractivity contribution in [2.75, 3.05) is 6.61 Å². The van der Waals surface area contributed by atoms with Gasteiger partial charge in [-0.2, -0.15) is 0 Å². The molecule has 2 N–H and O–H groups in total. The van der Waals surface area contributed by atoms with Gasteiger partial charge in [0.1, 0.15) is 5.82 Å². The van der Waals surface area contributed by atoms with Gasteiger partial charge in [-0.05, 0) is 59.8 Å². The summed E-state index contributed by atoms with van der Waals surface area (Å²) in [6, 6.07) is 4.97. The molecule has 2 atom stereocenters. The van der Waals surface area contributed by atoms with Gasteiger partial charge in [-0.1, -0.05) is 6.07 Å². The normalized spacial score (nSPS) is 26.1. The molecule has 1 heterocycles. The molecule has 0 radical (unpaired) electrons. The predicted octanol–water partition coefficient (Wildman–Crippen LogP) is 3.03. The van der Waals surface area contributed by atoms with Crippen molar-refractivity contribution in [3.63, 3.8) is 0 Å². The molecule has 1 aliphatic heterocycles. The van der Waals surface area contributed by atoms with Gasteiger partial charge in [-0.25, -0.2) is 4.39 Å². The van der Waals surface area contributed by atoms with Crippen LogP contribution in [0.2, 0.25) is 0 Å². The number of rotatable bonds is 3. The molecule has 1 aromatic carbocycles. The summed E-state index contributed by atoms with van der Waals surface area (Å²) in [5.41, 5.74) is 6.99. The third kappa shape index (κ3) is 2.87. The Morgan fingerprint density at radius 3 is 2.94 bits per heavy atom. The molecule has 2 unspecified atom stereocenters. The van der Waals surface area contributed by atoms with Crippen molar-refractivity contribution < 1.29 is 9.13 Å². The van der Waals surface area contributed by atoms with E-state index in [1.165, 1.54) is 6.07 Å². The topological polar surface area (TPSA) is 35.2 Å². The van der Waals surface area contributed by atoms with Crippen LogP contribution in [0.4, 0.5) is 4.39 Å². The van der Waals surface area contributed by atoms with E-state index < -0.39 is 0 Å². The standard InChI is InChI=1S/C13H17BrFNO/c1-13(5-2-6-17-13)12(16)8-9-3-4-11(15)10(14)7-9/h3-4,7,12H,2,5-6,8,16H2,1H3. The van der Waals surface area contributed by atoms with Gasteiger partial charge in [-0.15, -0.1) is 0 Å². The zero-order valence-electron chi connectivity index (χ0n) is 9.88. The largest absolute Gasteiger partial charge is 0.374 e. The van der Waals surface area contributed by atoms with Crippen LogP contribution in [0, 0.1) is 5.82 Å². The van der Waals surface area contributed by atoms with Crippen LogP contribution in [-0.2, 0) is 11.2 Å². The number of hydrogen-bond acceptors (Lipinski definition) is 2. The number of ether oxygens (including phenoxy) is 1. The van der Waals surface area contributed by atoms with Gasteiger partial charge in [-0.3, -0.25) is 0 Å². The lowest BCUT2D eigenvalue weighted by molar-refractivity contribution is -0.000908. The maximum atomic E-state index is 13.1. The first kappa shape index (κ1) is 13.0. The van der Waals surface area contributed by atoms with Crippen molar-refractivity contribution in [2.24, 2.45) is 5.73 Å². The molecular weight excluding hydrogens is 285 g/mol. The molecule has 17 heavy (non-hydrogen) atoms. The highest BCUT2D eigenvalue weighted by molar-refractivity contribution is 9.10. The smallest absolute Gasteiger partial charge is 0.137 e. The Bertz CT molecular complexity index is 404. The number of hydrogen-bond donors (Lipinski definition) is 1. The zero-order valence-corrected chi connectivity index (χ0v) is 11.5. The summed E-state index contributed by atoms with van der Waals surface area (Å²) in [6.07, 6.45) is 2.77. The van der Waals surface area contributed by atoms with Crippen molar-refractivity contribution >= 4 is 15.9 Å². The van der Waals surface area contributed by atoms with Crippen LogP contribution in [0.3, 0.4) is 0 Å². The Balaban J connectivity index is 2.07. The van der Waals surface area contributed by atoms with E-state index in [2.05, 4.69) is 22.9 Å². The predicted molar refractivity (Wildman–Crippen MR) is 69.4 cm³/mol. The van der Waals surface area contributed by atoms with Crippen LogP contribution in [0.1, 0.15) is 25.3 Å². The quantitative estimate of drug-likeness (QED) is 0.931. The van der Waals surface area contributed by atoms with Crippen molar-refractivity contribution in [3.8, 4) is 0 Å². The minimum absolute atomic E-state index is 0.0534. The van der Waals surface area contributed by atoms with E-state index >= 15 is 0 Å². The summed E-state index contributed by atoms with van der Waals surface area (Å²) in [5, 5.41) is 0. The van der Waals surface area contributed by atoms with E-state index in [1.807, 2.05) is 0 Å². The third-order valence-electron chi connectivity index (χ3n) is 3.47. The summed E-state index contributed by atoms with van der Waals surface area (Å²) in [6.45, 7) is 2.85. The SMILES string of the molecule is CC1(C(N)Cc2ccc(F)c(Br)c2)CCCO1. The minimum atomic E-state index is -0.245. The highest BCUT2D eigenvalue weighted by atomic mass is 79.9. The fourth-order valence-electron chi connectivity index (χ4n) is 2.23. The monoisotopic (exact) mass is 301 g/mol. The molecule has 0 spiro atoms. The molecule has 0 saturated carbocycles. The van der Waals surface area contributed by atoms with Gasteiger partial charge in [0.05, 0.1) is 10.1 Å². The van der Waals surface area contributed by atoms with Crippen LogP contribution in [0.5, 0.6) is 0 Å². The van der Waals surface area contributed by atoms with E-state index in [4.69, 9.17) is 10.5 Å². The lowest BCUT2D eigenvalue weighted by Gasteiger charge is -2.30. The van der Waals surface area contributed by atoms with Gasteiger partial charge < -0.3 is 10.5 Å². The zero-order chi connectivity index (χ0) is 12.5. The molecule has 0 aromatic heterocycles. The third-order valence-corrected chi connectivity index (χ3v) is 4.08. The molecule has 4 heteroatoms. The molecule has 0 amide bonds. The Kier molecular flexibility index (Phi) is 3.85. The maximum absolute atomic E-state index is 13.1. The Morgan fingerprint density at radius 1 is 1.59 bits per heavy atom. The fraction of sp³-hybridized carbons (Fsp3) is 0.538. The van der Waals surface area contributed by atoms with Gasteiger partial charge in [0.2, 0.25) is 0 Å². The summed E-state index contributed by atoms with van der Waals surface area (Å²) in [4.78, 5) is 0. The van der Waals surface area contributed by atoms with Crippen molar-refractivity contribution in [3.05, 3.63) is 34.1 Å². The van der Waals surface area contributed by atoms with Crippen LogP contribution < -0.4 is 5.73 Å². The van der Waals surface area contributed by atoms with Crippen LogP contribution in [0.25, 0.3) is 0 Å². The van der Waals surface area contributed by atoms with E-state index in [-0.39, 0.29) is 17.5 Å². The average molecular weight is 302 g/mol. The molecule has 1 fully saturated rings. The van der Waals surface area contributed by atoms with Crippen LogP contribution in [0.15, 0.2) is 22.7 Å². The maximum Gasteiger partial charge on any atom is 0.137 e. The van der Waals surface area contributed by atoms with E-state index in [0.717, 1.165) is 25.0 Å². The van der Waals surface area contributed by atoms with E-state index in [1.54, 1.807) is 12.1 Å². The summed E-state index contributed by atoms with van der Waals surface area (Å²) < 4.78 is 19.3. The Morgan fingerprint density at radius 2 is 2.35 bits per heavy atom. The highest BCUT2D eigenvalue weighted by Gasteiger charge is 2.36. The second-order valence-electron chi connectivity index (χ2n) is 4.82. The lowest BCUT2D eigenvalue weighted by atomic mass is 9.89. The molecule has 0 aliphatic carbocycles. The molecule has 94 valence electrons. The first-order valence-corrected chi connectivity index (χ1v) is 6.64. The molecule has 2 nitrogen and oxygen atoms in total. The summed E-state index contributed by atoms with van der Waals surface area (Å²) >= 11 is 3.19. The molecule has 1 aromatic rings. The molecular formula is C13H17BrFNO.